The fraction of sp³-hybridized carbons (Fsp3) is 0.222. The van der Waals surface area contributed by atoms with Gasteiger partial charge in [-0.15, -0.1) is 13.2 Å². The first-order valence-electron chi connectivity index (χ1n) is 3.97. The lowest BCUT2D eigenvalue weighted by atomic mass is 10.2. The molecule has 3 nitrogen and oxygen atoms in total. The highest BCUT2D eigenvalue weighted by molar-refractivity contribution is 14.1. The van der Waals surface area contributed by atoms with Crippen molar-refractivity contribution in [2.24, 2.45) is 0 Å². The molecule has 0 aromatic heterocycles. The smallest absolute Gasteiger partial charge is 0.465 e. The van der Waals surface area contributed by atoms with E-state index >= 15 is 0 Å². The van der Waals surface area contributed by atoms with Crippen LogP contribution in [0.25, 0.3) is 0 Å². The zero-order valence-electron chi connectivity index (χ0n) is 7.97. The Hall–Kier alpha value is -0.990. The lowest BCUT2D eigenvalue weighted by Crippen LogP contribution is -2.17. The van der Waals surface area contributed by atoms with E-state index in [4.69, 9.17) is 0 Å². The summed E-state index contributed by atoms with van der Waals surface area (Å²) in [4.78, 5) is 11.2. The van der Waals surface area contributed by atoms with E-state index in [2.05, 4.69) is 9.47 Å². The van der Waals surface area contributed by atoms with Crippen LogP contribution in [0.2, 0.25) is 0 Å². The van der Waals surface area contributed by atoms with Crippen molar-refractivity contribution in [2.45, 2.75) is 6.36 Å². The first-order valence-corrected chi connectivity index (χ1v) is 5.05. The largest absolute Gasteiger partial charge is 0.573 e. The van der Waals surface area contributed by atoms with Gasteiger partial charge in [0.25, 0.3) is 0 Å². The maximum atomic E-state index is 11.9. The van der Waals surface area contributed by atoms with Crippen LogP contribution in [0, 0.1) is 3.57 Å². The second-order valence-electron chi connectivity index (χ2n) is 2.68. The Morgan fingerprint density at radius 2 is 2.00 bits per heavy atom. The van der Waals surface area contributed by atoms with Gasteiger partial charge in [-0.1, -0.05) is 0 Å². The van der Waals surface area contributed by atoms with Gasteiger partial charge in [0.15, 0.2) is 0 Å². The van der Waals surface area contributed by atoms with Crippen LogP contribution in [-0.2, 0) is 4.74 Å². The number of esters is 1. The fourth-order valence-corrected chi connectivity index (χ4v) is 1.52. The first-order chi connectivity index (χ1) is 7.33. The molecule has 1 aromatic rings. The maximum absolute atomic E-state index is 11.9. The van der Waals surface area contributed by atoms with Gasteiger partial charge in [0, 0.05) is 3.57 Å². The molecule has 0 atom stereocenters. The summed E-state index contributed by atoms with van der Waals surface area (Å²) >= 11 is 1.82. The minimum Gasteiger partial charge on any atom is -0.465 e. The van der Waals surface area contributed by atoms with Gasteiger partial charge in [-0.05, 0) is 40.8 Å². The van der Waals surface area contributed by atoms with Crippen LogP contribution < -0.4 is 4.74 Å². The highest BCUT2D eigenvalue weighted by atomic mass is 127. The van der Waals surface area contributed by atoms with Crippen molar-refractivity contribution in [1.82, 2.24) is 0 Å². The van der Waals surface area contributed by atoms with Gasteiger partial charge in [0.1, 0.15) is 5.75 Å². The number of alkyl halides is 3. The molecular formula is C9H6F3IO3. The molecule has 88 valence electrons. The number of benzene rings is 1. The minimum atomic E-state index is -4.78. The summed E-state index contributed by atoms with van der Waals surface area (Å²) in [6.45, 7) is 0. The van der Waals surface area contributed by atoms with Crippen molar-refractivity contribution in [3.8, 4) is 5.75 Å². The zero-order chi connectivity index (χ0) is 12.3. The summed E-state index contributed by atoms with van der Waals surface area (Å²) in [6, 6.07) is 3.46. The molecular weight excluding hydrogens is 340 g/mol. The number of halogens is 4. The van der Waals surface area contributed by atoms with E-state index in [-0.39, 0.29) is 5.56 Å². The number of carbonyl (C=O) groups excluding carboxylic acids is 1. The Morgan fingerprint density at radius 3 is 2.50 bits per heavy atom. The molecule has 0 aliphatic carbocycles. The predicted molar refractivity (Wildman–Crippen MR) is 57.2 cm³/mol. The summed E-state index contributed by atoms with van der Waals surface area (Å²) in [5, 5.41) is 0. The summed E-state index contributed by atoms with van der Waals surface area (Å²) in [5.74, 6) is -1.16. The summed E-state index contributed by atoms with van der Waals surface area (Å²) in [7, 11) is 1.15. The number of rotatable bonds is 2. The van der Waals surface area contributed by atoms with Crippen LogP contribution >= 0.6 is 22.6 Å². The van der Waals surface area contributed by atoms with Crippen LogP contribution in [0.1, 0.15) is 10.4 Å². The second kappa shape index (κ2) is 4.89. The highest BCUT2D eigenvalue weighted by Gasteiger charge is 2.31. The van der Waals surface area contributed by atoms with E-state index in [9.17, 15) is 18.0 Å². The maximum Gasteiger partial charge on any atom is 0.573 e. The van der Waals surface area contributed by atoms with Gasteiger partial charge < -0.3 is 9.47 Å². The molecule has 0 saturated carbocycles. The van der Waals surface area contributed by atoms with Crippen molar-refractivity contribution in [3.63, 3.8) is 0 Å². The molecule has 1 aromatic carbocycles. The molecule has 0 saturated heterocycles. The average molecular weight is 346 g/mol. The molecule has 7 heteroatoms. The summed E-state index contributed by atoms with van der Waals surface area (Å²) in [5.41, 5.74) is 0.0323. The van der Waals surface area contributed by atoms with Gasteiger partial charge in [-0.3, -0.25) is 0 Å². The minimum absolute atomic E-state index is 0.0323. The van der Waals surface area contributed by atoms with Gasteiger partial charge in [0.05, 0.1) is 12.7 Å². The highest BCUT2D eigenvalue weighted by Crippen LogP contribution is 2.26. The molecule has 0 fully saturated rings. The van der Waals surface area contributed by atoms with E-state index < -0.39 is 18.1 Å². The van der Waals surface area contributed by atoms with Crippen LogP contribution in [0.3, 0.4) is 0 Å². The van der Waals surface area contributed by atoms with Crippen LogP contribution in [0.5, 0.6) is 5.75 Å². The zero-order valence-corrected chi connectivity index (χ0v) is 10.1. The molecule has 0 amide bonds. The number of hydrogen-bond donors (Lipinski definition) is 0. The van der Waals surface area contributed by atoms with E-state index in [1.54, 1.807) is 0 Å². The normalized spacial score (nSPS) is 11.1. The number of methoxy groups -OCH3 is 1. The summed E-state index contributed by atoms with van der Waals surface area (Å²) < 4.78 is 44.3. The molecule has 0 heterocycles. The molecule has 0 aliphatic rings. The Balaban J connectivity index is 3.03. The van der Waals surface area contributed by atoms with Gasteiger partial charge >= 0.3 is 12.3 Å². The van der Waals surface area contributed by atoms with Gasteiger partial charge in [-0.2, -0.15) is 0 Å². The van der Waals surface area contributed by atoms with E-state index in [0.29, 0.717) is 3.57 Å². The molecule has 0 N–H and O–H groups in total. The van der Waals surface area contributed by atoms with Crippen LogP contribution in [0.15, 0.2) is 18.2 Å². The standard InChI is InChI=1S/C9H6F3IO3/c1-15-8(14)6-4-5(2-3-7(6)13)16-9(10,11)12/h2-4H,1H3. The monoisotopic (exact) mass is 346 g/mol. The number of carbonyl (C=O) groups is 1. The number of hydrogen-bond acceptors (Lipinski definition) is 3. The molecule has 0 bridgehead atoms. The van der Waals surface area contributed by atoms with Crippen LogP contribution in [0.4, 0.5) is 13.2 Å². The van der Waals surface area contributed by atoms with E-state index in [1.165, 1.54) is 6.07 Å². The Labute approximate surface area is 103 Å². The first kappa shape index (κ1) is 13.1. The van der Waals surface area contributed by atoms with Crippen molar-refractivity contribution in [2.75, 3.05) is 7.11 Å². The van der Waals surface area contributed by atoms with E-state index in [0.717, 1.165) is 19.2 Å². The van der Waals surface area contributed by atoms with Crippen molar-refractivity contribution in [1.29, 1.82) is 0 Å². The van der Waals surface area contributed by atoms with Crippen molar-refractivity contribution >= 4 is 28.6 Å². The third kappa shape index (κ3) is 3.54. The molecule has 0 aliphatic heterocycles. The van der Waals surface area contributed by atoms with Crippen molar-refractivity contribution < 1.29 is 27.4 Å². The lowest BCUT2D eigenvalue weighted by molar-refractivity contribution is -0.274. The SMILES string of the molecule is COC(=O)c1cc(OC(F)(F)F)ccc1I. The molecule has 0 unspecified atom stereocenters. The predicted octanol–water partition coefficient (Wildman–Crippen LogP) is 2.98. The Bertz CT molecular complexity index is 403. The quantitative estimate of drug-likeness (QED) is 0.610. The summed E-state index contributed by atoms with van der Waals surface area (Å²) in [6.07, 6.45) is -4.78. The molecule has 16 heavy (non-hydrogen) atoms. The molecule has 0 radical (unpaired) electrons. The fourth-order valence-electron chi connectivity index (χ4n) is 0.968. The molecule has 0 spiro atoms. The van der Waals surface area contributed by atoms with E-state index in [1.807, 2.05) is 22.6 Å². The average Bonchev–Trinajstić information content (AvgIpc) is 2.18. The van der Waals surface area contributed by atoms with Crippen LogP contribution in [-0.4, -0.2) is 19.4 Å². The van der Waals surface area contributed by atoms with Crippen molar-refractivity contribution in [3.05, 3.63) is 27.3 Å². The third-order valence-electron chi connectivity index (χ3n) is 1.58. The lowest BCUT2D eigenvalue weighted by Gasteiger charge is -2.10. The second-order valence-corrected chi connectivity index (χ2v) is 3.84. The Morgan fingerprint density at radius 1 is 1.38 bits per heavy atom. The molecule has 1 rings (SSSR count). The number of ether oxygens (including phenoxy) is 2. The Kier molecular flexibility index (Phi) is 4.00. The third-order valence-corrected chi connectivity index (χ3v) is 2.52. The van der Waals surface area contributed by atoms with Gasteiger partial charge in [0.2, 0.25) is 0 Å². The van der Waals surface area contributed by atoms with Gasteiger partial charge in [-0.25, -0.2) is 4.79 Å². The topological polar surface area (TPSA) is 35.5 Å².